The summed E-state index contributed by atoms with van der Waals surface area (Å²) in [6.45, 7) is 10.7. The van der Waals surface area contributed by atoms with Gasteiger partial charge in [0.1, 0.15) is 5.82 Å². The Bertz CT molecular complexity index is 816. The van der Waals surface area contributed by atoms with E-state index in [-0.39, 0.29) is 16.6 Å². The van der Waals surface area contributed by atoms with E-state index in [4.69, 9.17) is 5.73 Å². The predicted molar refractivity (Wildman–Crippen MR) is 92.6 cm³/mol. The van der Waals surface area contributed by atoms with Crippen LogP contribution in [0.2, 0.25) is 0 Å². The minimum absolute atomic E-state index is 0.154. The van der Waals surface area contributed by atoms with Crippen LogP contribution in [0.3, 0.4) is 0 Å². The summed E-state index contributed by atoms with van der Waals surface area (Å²) in [6.07, 6.45) is 1.51. The van der Waals surface area contributed by atoms with Crippen LogP contribution in [-0.4, -0.2) is 4.98 Å². The SMILES string of the molecule is CC1=C(N)C(C)(C)c2c(-c3cc(F)ccn3)cccc2C1(C)C. The van der Waals surface area contributed by atoms with E-state index in [9.17, 15) is 4.39 Å². The maximum Gasteiger partial charge on any atom is 0.126 e. The number of aromatic nitrogens is 1. The van der Waals surface area contributed by atoms with Gasteiger partial charge in [0.25, 0.3) is 0 Å². The van der Waals surface area contributed by atoms with Gasteiger partial charge in [-0.3, -0.25) is 4.98 Å². The van der Waals surface area contributed by atoms with Gasteiger partial charge in [-0.1, -0.05) is 45.9 Å². The Morgan fingerprint density at radius 3 is 2.39 bits per heavy atom. The van der Waals surface area contributed by atoms with Gasteiger partial charge in [-0.25, -0.2) is 4.39 Å². The van der Waals surface area contributed by atoms with Crippen molar-refractivity contribution in [1.82, 2.24) is 4.98 Å². The highest BCUT2D eigenvalue weighted by atomic mass is 19.1. The summed E-state index contributed by atoms with van der Waals surface area (Å²) in [6, 6.07) is 9.03. The molecule has 0 unspecified atom stereocenters. The van der Waals surface area contributed by atoms with Crippen molar-refractivity contribution in [2.45, 2.75) is 45.4 Å². The van der Waals surface area contributed by atoms with Crippen LogP contribution in [-0.2, 0) is 10.8 Å². The predicted octanol–water partition coefficient (Wildman–Crippen LogP) is 4.69. The smallest absolute Gasteiger partial charge is 0.126 e. The van der Waals surface area contributed by atoms with E-state index in [0.717, 1.165) is 16.8 Å². The molecule has 1 aromatic heterocycles. The Morgan fingerprint density at radius 1 is 1.04 bits per heavy atom. The number of hydrogen-bond donors (Lipinski definition) is 1. The molecular weight excluding hydrogens is 287 g/mol. The fourth-order valence-corrected chi connectivity index (χ4v) is 3.65. The molecule has 0 aliphatic heterocycles. The van der Waals surface area contributed by atoms with Crippen LogP contribution in [0.4, 0.5) is 4.39 Å². The van der Waals surface area contributed by atoms with E-state index in [0.29, 0.717) is 5.69 Å². The van der Waals surface area contributed by atoms with Gasteiger partial charge in [-0.2, -0.15) is 0 Å². The molecule has 1 aliphatic rings. The summed E-state index contributed by atoms with van der Waals surface area (Å²) in [4.78, 5) is 4.38. The molecule has 1 heterocycles. The van der Waals surface area contributed by atoms with Gasteiger partial charge < -0.3 is 5.73 Å². The molecule has 0 spiro atoms. The first-order chi connectivity index (χ1) is 10.7. The molecule has 0 radical (unpaired) electrons. The molecule has 2 nitrogen and oxygen atoms in total. The van der Waals surface area contributed by atoms with E-state index in [2.05, 4.69) is 45.7 Å². The minimum atomic E-state index is -0.320. The number of benzene rings is 1. The van der Waals surface area contributed by atoms with Gasteiger partial charge in [0, 0.05) is 34.4 Å². The quantitative estimate of drug-likeness (QED) is 0.830. The van der Waals surface area contributed by atoms with Crippen LogP contribution >= 0.6 is 0 Å². The van der Waals surface area contributed by atoms with E-state index in [1.54, 1.807) is 0 Å². The van der Waals surface area contributed by atoms with Gasteiger partial charge in [-0.15, -0.1) is 0 Å². The van der Waals surface area contributed by atoms with Crippen molar-refractivity contribution in [1.29, 1.82) is 0 Å². The summed E-state index contributed by atoms with van der Waals surface area (Å²) in [7, 11) is 0. The number of rotatable bonds is 1. The Kier molecular flexibility index (Phi) is 3.36. The lowest BCUT2D eigenvalue weighted by Gasteiger charge is -2.44. The fourth-order valence-electron chi connectivity index (χ4n) is 3.65. The summed E-state index contributed by atoms with van der Waals surface area (Å²) in [5.74, 6) is -0.278. The van der Waals surface area contributed by atoms with Crippen LogP contribution in [0.1, 0.15) is 45.7 Å². The normalized spacial score (nSPS) is 18.7. The van der Waals surface area contributed by atoms with Gasteiger partial charge in [0.05, 0.1) is 5.69 Å². The zero-order valence-electron chi connectivity index (χ0n) is 14.4. The van der Waals surface area contributed by atoms with Crippen molar-refractivity contribution in [3.8, 4) is 11.3 Å². The topological polar surface area (TPSA) is 38.9 Å². The third-order valence-corrected chi connectivity index (χ3v) is 5.38. The van der Waals surface area contributed by atoms with Crippen molar-refractivity contribution >= 4 is 0 Å². The first-order valence-corrected chi connectivity index (χ1v) is 7.90. The molecule has 3 rings (SSSR count). The molecule has 0 fully saturated rings. The molecule has 0 saturated carbocycles. The molecule has 2 aromatic rings. The summed E-state index contributed by atoms with van der Waals surface area (Å²) < 4.78 is 13.7. The molecule has 0 amide bonds. The molecule has 0 atom stereocenters. The van der Waals surface area contributed by atoms with E-state index >= 15 is 0 Å². The van der Waals surface area contributed by atoms with Crippen LogP contribution in [0.25, 0.3) is 11.3 Å². The second-order valence-corrected chi connectivity index (χ2v) is 7.38. The molecular formula is C20H23FN2. The molecule has 120 valence electrons. The van der Waals surface area contributed by atoms with Gasteiger partial charge in [-0.05, 0) is 29.7 Å². The molecule has 2 N–H and O–H groups in total. The second kappa shape index (κ2) is 4.92. The standard InChI is InChI=1S/C20H23FN2/c1-12-18(22)20(4,5)17-14(16-11-13(21)9-10-23-16)7-6-8-15(17)19(12,2)3/h6-11H,22H2,1-5H3. The third kappa shape index (κ3) is 2.18. The molecule has 1 aliphatic carbocycles. The van der Waals surface area contributed by atoms with Crippen molar-refractivity contribution < 1.29 is 4.39 Å². The maximum atomic E-state index is 13.7. The Balaban J connectivity index is 2.38. The van der Waals surface area contributed by atoms with E-state index in [1.807, 2.05) is 12.1 Å². The average molecular weight is 310 g/mol. The monoisotopic (exact) mass is 310 g/mol. The van der Waals surface area contributed by atoms with Crippen molar-refractivity contribution in [2.24, 2.45) is 5.73 Å². The summed E-state index contributed by atoms with van der Waals surface area (Å²) in [5, 5.41) is 0. The first-order valence-electron chi connectivity index (χ1n) is 7.90. The van der Waals surface area contributed by atoms with Crippen molar-refractivity contribution in [3.63, 3.8) is 0 Å². The first kappa shape index (κ1) is 15.7. The lowest BCUT2D eigenvalue weighted by atomic mass is 9.61. The van der Waals surface area contributed by atoms with E-state index < -0.39 is 0 Å². The van der Waals surface area contributed by atoms with Gasteiger partial charge in [0.2, 0.25) is 0 Å². The number of hydrogen-bond acceptors (Lipinski definition) is 2. The Hall–Kier alpha value is -2.16. The molecule has 1 aromatic carbocycles. The number of fused-ring (bicyclic) bond motifs is 1. The molecule has 3 heteroatoms. The number of allylic oxidation sites excluding steroid dienone is 2. The van der Waals surface area contributed by atoms with Crippen LogP contribution in [0, 0.1) is 5.82 Å². The maximum absolute atomic E-state index is 13.7. The summed E-state index contributed by atoms with van der Waals surface area (Å²) in [5.41, 5.74) is 12.1. The third-order valence-electron chi connectivity index (χ3n) is 5.38. The zero-order chi connectivity index (χ0) is 17.0. The van der Waals surface area contributed by atoms with Crippen LogP contribution in [0.5, 0.6) is 0 Å². The molecule has 0 saturated heterocycles. The highest BCUT2D eigenvalue weighted by Gasteiger charge is 2.42. The largest absolute Gasteiger partial charge is 0.401 e. The van der Waals surface area contributed by atoms with Crippen molar-refractivity contribution in [3.05, 3.63) is 64.7 Å². The van der Waals surface area contributed by atoms with Crippen LogP contribution in [0.15, 0.2) is 47.8 Å². The number of pyridine rings is 1. The highest BCUT2D eigenvalue weighted by molar-refractivity contribution is 5.71. The van der Waals surface area contributed by atoms with E-state index in [1.165, 1.54) is 29.5 Å². The molecule has 23 heavy (non-hydrogen) atoms. The lowest BCUT2D eigenvalue weighted by Crippen LogP contribution is -2.40. The second-order valence-electron chi connectivity index (χ2n) is 7.38. The zero-order valence-corrected chi connectivity index (χ0v) is 14.4. The molecule has 0 bridgehead atoms. The average Bonchev–Trinajstić information content (AvgIpc) is 2.51. The number of halogens is 1. The Labute approximate surface area is 137 Å². The summed E-state index contributed by atoms with van der Waals surface area (Å²) >= 11 is 0. The lowest BCUT2D eigenvalue weighted by molar-refractivity contribution is 0.500. The minimum Gasteiger partial charge on any atom is -0.401 e. The van der Waals surface area contributed by atoms with Crippen molar-refractivity contribution in [2.75, 3.05) is 0 Å². The van der Waals surface area contributed by atoms with Crippen LogP contribution < -0.4 is 5.73 Å². The van der Waals surface area contributed by atoms with Gasteiger partial charge in [0.15, 0.2) is 0 Å². The van der Waals surface area contributed by atoms with Gasteiger partial charge >= 0.3 is 0 Å². The fraction of sp³-hybridized carbons (Fsp3) is 0.350. The number of nitrogens with zero attached hydrogens (tertiary/aromatic N) is 1. The highest BCUT2D eigenvalue weighted by Crippen LogP contribution is 2.50. The number of nitrogens with two attached hydrogens (primary N) is 1. The Morgan fingerprint density at radius 2 is 1.74 bits per heavy atom.